The quantitative estimate of drug-likeness (QED) is 0.620. The van der Waals surface area contributed by atoms with Gasteiger partial charge < -0.3 is 5.73 Å². The first-order chi connectivity index (χ1) is 5.57. The van der Waals surface area contributed by atoms with Crippen LogP contribution in [0.1, 0.15) is 11.3 Å². The summed E-state index contributed by atoms with van der Waals surface area (Å²) in [5.74, 6) is 0.142. The lowest BCUT2D eigenvalue weighted by Gasteiger charge is -1.95. The van der Waals surface area contributed by atoms with Crippen LogP contribution < -0.4 is 5.73 Å². The van der Waals surface area contributed by atoms with Crippen molar-refractivity contribution in [3.8, 4) is 0 Å². The first-order valence-electron chi connectivity index (χ1n) is 3.50. The zero-order valence-electron chi connectivity index (χ0n) is 6.32. The Hall–Kier alpha value is -1.10. The minimum absolute atomic E-state index is 0.0581. The number of nitrogen functional groups attached to an aromatic ring is 1. The van der Waals surface area contributed by atoms with Crippen molar-refractivity contribution >= 4 is 15.5 Å². The number of fused-ring (bicyclic) bond motifs is 1. The van der Waals surface area contributed by atoms with Crippen molar-refractivity contribution in [1.29, 1.82) is 0 Å². The Morgan fingerprint density at radius 2 is 2.17 bits per heavy atom. The van der Waals surface area contributed by atoms with E-state index in [9.17, 15) is 8.42 Å². The summed E-state index contributed by atoms with van der Waals surface area (Å²) >= 11 is 0. The third-order valence-electron chi connectivity index (χ3n) is 1.81. The molecule has 0 fully saturated rings. The number of nitrogens with two attached hydrogens (primary N) is 1. The first-order valence-corrected chi connectivity index (χ1v) is 5.33. The number of rotatable bonds is 0. The highest BCUT2D eigenvalue weighted by atomic mass is 32.2. The van der Waals surface area contributed by atoms with Crippen LogP contribution in [0.4, 0.5) is 5.69 Å². The second kappa shape index (κ2) is 2.20. The van der Waals surface area contributed by atoms with Crippen LogP contribution in [0.15, 0.2) is 12.3 Å². The van der Waals surface area contributed by atoms with Crippen molar-refractivity contribution in [1.82, 2.24) is 4.98 Å². The predicted octanol–water partition coefficient (Wildman–Crippen LogP) is 0.0922. The molecule has 0 amide bonds. The number of pyridine rings is 1. The molecule has 0 saturated carbocycles. The minimum atomic E-state index is -2.94. The number of sulfone groups is 1. The number of nitrogens with zero attached hydrogens (tertiary/aromatic N) is 1. The molecule has 0 aromatic carbocycles. The highest BCUT2D eigenvalue weighted by molar-refractivity contribution is 7.90. The Balaban J connectivity index is 2.56. The van der Waals surface area contributed by atoms with E-state index in [0.29, 0.717) is 11.4 Å². The van der Waals surface area contributed by atoms with E-state index < -0.39 is 9.84 Å². The Bertz CT molecular complexity index is 425. The summed E-state index contributed by atoms with van der Waals surface area (Å²) in [5, 5.41) is 0. The van der Waals surface area contributed by atoms with E-state index in [1.54, 1.807) is 6.07 Å². The number of anilines is 1. The molecule has 0 saturated heterocycles. The van der Waals surface area contributed by atoms with Crippen LogP contribution in [0.3, 0.4) is 0 Å². The predicted molar refractivity (Wildman–Crippen MR) is 45.0 cm³/mol. The van der Waals surface area contributed by atoms with Crippen LogP contribution in [-0.2, 0) is 21.3 Å². The van der Waals surface area contributed by atoms with Crippen LogP contribution in [-0.4, -0.2) is 13.4 Å². The fourth-order valence-electron chi connectivity index (χ4n) is 1.31. The van der Waals surface area contributed by atoms with E-state index >= 15 is 0 Å². The third-order valence-corrected chi connectivity index (χ3v) is 3.28. The van der Waals surface area contributed by atoms with E-state index in [-0.39, 0.29) is 11.5 Å². The van der Waals surface area contributed by atoms with Gasteiger partial charge in [-0.2, -0.15) is 0 Å². The molecule has 1 aromatic rings. The molecule has 64 valence electrons. The average molecular weight is 184 g/mol. The monoisotopic (exact) mass is 184 g/mol. The van der Waals surface area contributed by atoms with E-state index in [1.165, 1.54) is 6.20 Å². The molecule has 5 heteroatoms. The van der Waals surface area contributed by atoms with Gasteiger partial charge in [-0.05, 0) is 11.6 Å². The summed E-state index contributed by atoms with van der Waals surface area (Å²) in [7, 11) is -2.94. The van der Waals surface area contributed by atoms with Crippen LogP contribution in [0.25, 0.3) is 0 Å². The molecule has 1 aliphatic heterocycles. The molecule has 2 N–H and O–H groups in total. The van der Waals surface area contributed by atoms with Gasteiger partial charge in [-0.25, -0.2) is 8.42 Å². The van der Waals surface area contributed by atoms with Gasteiger partial charge in [0.2, 0.25) is 0 Å². The van der Waals surface area contributed by atoms with Gasteiger partial charge in [0.05, 0.1) is 29.1 Å². The topological polar surface area (TPSA) is 73.0 Å². The van der Waals surface area contributed by atoms with E-state index in [0.717, 1.165) is 5.56 Å². The normalized spacial score (nSPS) is 19.0. The standard InChI is InChI=1S/C7H8N2O2S/c8-6-1-5-3-12(10,11)4-7(5)9-2-6/h1-2H,3-4,8H2. The summed E-state index contributed by atoms with van der Waals surface area (Å²) in [6, 6.07) is 1.67. The lowest BCUT2D eigenvalue weighted by molar-refractivity contribution is 0.598. The second-order valence-electron chi connectivity index (χ2n) is 2.91. The fraction of sp³-hybridized carbons (Fsp3) is 0.286. The highest BCUT2D eigenvalue weighted by Gasteiger charge is 2.25. The Labute approximate surface area is 70.3 Å². The van der Waals surface area contributed by atoms with Crippen molar-refractivity contribution in [2.45, 2.75) is 11.5 Å². The number of hydrogen-bond donors (Lipinski definition) is 1. The van der Waals surface area contributed by atoms with Crippen molar-refractivity contribution in [3.05, 3.63) is 23.5 Å². The van der Waals surface area contributed by atoms with Gasteiger partial charge in [-0.1, -0.05) is 0 Å². The summed E-state index contributed by atoms with van der Waals surface area (Å²) in [5.41, 5.74) is 7.37. The SMILES string of the molecule is Nc1cnc2c(c1)CS(=O)(=O)C2. The van der Waals surface area contributed by atoms with Gasteiger partial charge in [-0.3, -0.25) is 4.98 Å². The van der Waals surface area contributed by atoms with Crippen molar-refractivity contribution < 1.29 is 8.42 Å². The van der Waals surface area contributed by atoms with Crippen LogP contribution >= 0.6 is 0 Å². The van der Waals surface area contributed by atoms with E-state index in [4.69, 9.17) is 5.73 Å². The van der Waals surface area contributed by atoms with Gasteiger partial charge >= 0.3 is 0 Å². The molecule has 0 bridgehead atoms. The lowest BCUT2D eigenvalue weighted by Crippen LogP contribution is -1.95. The molecular weight excluding hydrogens is 176 g/mol. The zero-order chi connectivity index (χ0) is 8.77. The highest BCUT2D eigenvalue weighted by Crippen LogP contribution is 2.24. The van der Waals surface area contributed by atoms with Crippen molar-refractivity contribution in [3.63, 3.8) is 0 Å². The Morgan fingerprint density at radius 3 is 2.92 bits per heavy atom. The minimum Gasteiger partial charge on any atom is -0.397 e. The molecule has 0 spiro atoms. The fourth-order valence-corrected chi connectivity index (χ4v) is 2.81. The molecule has 12 heavy (non-hydrogen) atoms. The molecule has 0 aliphatic carbocycles. The van der Waals surface area contributed by atoms with Crippen molar-refractivity contribution in [2.75, 3.05) is 5.73 Å². The summed E-state index contributed by atoms with van der Waals surface area (Å²) in [4.78, 5) is 3.95. The smallest absolute Gasteiger partial charge is 0.160 e. The maximum atomic E-state index is 11.1. The van der Waals surface area contributed by atoms with Gasteiger partial charge in [-0.15, -0.1) is 0 Å². The van der Waals surface area contributed by atoms with Crippen LogP contribution in [0, 0.1) is 0 Å². The van der Waals surface area contributed by atoms with Gasteiger partial charge in [0.15, 0.2) is 9.84 Å². The molecule has 0 radical (unpaired) electrons. The lowest BCUT2D eigenvalue weighted by atomic mass is 10.2. The molecule has 4 nitrogen and oxygen atoms in total. The zero-order valence-corrected chi connectivity index (χ0v) is 7.13. The largest absolute Gasteiger partial charge is 0.397 e. The molecule has 1 aromatic heterocycles. The molecule has 2 heterocycles. The second-order valence-corrected chi connectivity index (χ2v) is 4.97. The van der Waals surface area contributed by atoms with Gasteiger partial charge in [0.1, 0.15) is 0 Å². The molecule has 1 aliphatic rings. The number of hydrogen-bond acceptors (Lipinski definition) is 4. The summed E-state index contributed by atoms with van der Waals surface area (Å²) in [6.45, 7) is 0. The third kappa shape index (κ3) is 1.16. The molecular formula is C7H8N2O2S. The van der Waals surface area contributed by atoms with Crippen molar-refractivity contribution in [2.24, 2.45) is 0 Å². The summed E-state index contributed by atoms with van der Waals surface area (Å²) in [6.07, 6.45) is 1.49. The summed E-state index contributed by atoms with van der Waals surface area (Å²) < 4.78 is 22.2. The average Bonchev–Trinajstić information content (AvgIpc) is 2.21. The molecule has 2 rings (SSSR count). The molecule has 0 atom stereocenters. The maximum Gasteiger partial charge on any atom is 0.160 e. The van der Waals surface area contributed by atoms with Gasteiger partial charge in [0, 0.05) is 0 Å². The van der Waals surface area contributed by atoms with Crippen LogP contribution in [0.2, 0.25) is 0 Å². The Kier molecular flexibility index (Phi) is 1.38. The van der Waals surface area contributed by atoms with E-state index in [1.807, 2.05) is 0 Å². The number of aromatic nitrogens is 1. The van der Waals surface area contributed by atoms with Gasteiger partial charge in [0.25, 0.3) is 0 Å². The van der Waals surface area contributed by atoms with Crippen LogP contribution in [0.5, 0.6) is 0 Å². The first kappa shape index (κ1) is 7.54. The van der Waals surface area contributed by atoms with E-state index in [2.05, 4.69) is 4.98 Å². The Morgan fingerprint density at radius 1 is 1.42 bits per heavy atom. The maximum absolute atomic E-state index is 11.1. The molecule has 0 unspecified atom stereocenters.